The van der Waals surface area contributed by atoms with Gasteiger partial charge in [-0.1, -0.05) is 239 Å². The number of benzene rings is 4. The molecular formula is C76H92N4O2. The lowest BCUT2D eigenvalue weighted by Crippen LogP contribution is -2.18. The van der Waals surface area contributed by atoms with Crippen molar-refractivity contribution in [3.63, 3.8) is 0 Å². The molecule has 4 aromatic rings. The maximum Gasteiger partial charge on any atom is 0.186 e. The first kappa shape index (κ1) is 59.7. The topological polar surface area (TPSA) is 89.9 Å². The second-order valence-corrected chi connectivity index (χ2v) is 31.8. The quantitative estimate of drug-likeness (QED) is 0.213. The SMILES string of the molecule is CC(C)(C)c1cc(C2=C3C=CC(=N3)C(c3cc(C(C)(C)C)cc(C(C)(C)C)c3)=C3C=CC(=N3)C(c3cc(C(C)(C)C)cc(C(C)(C)C)c3)=C3N=C(C(O)=C3O)C(c3cc(C(C)(C)C)cc(C(C)(C)C)c3)=C3C=CC2=N3)cc(C(C)(C)C)c1. The third-order valence-corrected chi connectivity index (χ3v) is 16.6. The summed E-state index contributed by atoms with van der Waals surface area (Å²) >= 11 is 0. The Bertz CT molecular complexity index is 3650. The Kier molecular flexibility index (Phi) is 14.5. The maximum atomic E-state index is 12.9. The number of rotatable bonds is 4. The van der Waals surface area contributed by atoms with Crippen molar-refractivity contribution in [2.24, 2.45) is 20.0 Å². The molecule has 4 aromatic carbocycles. The lowest BCUT2D eigenvalue weighted by atomic mass is 9.78. The van der Waals surface area contributed by atoms with E-state index in [0.717, 1.165) is 78.5 Å². The standard InChI is InChI=1S/C76H92N4O2/c1-69(2,3)47-31-43(32-48(39-47)70(4,5)6)61-55-25-26-56(77-55)62(44-33-49(71(7,8)9)40-50(34-44)72(10,11)12)58-28-30-60(79-58)64(46-37-53(75(19,20)21)42-54(38-46)76(22,23)24)66-68(82)67(81)65(80-66)63(59-29-27-57(61)78-59)45-35-51(73(13,14)15)41-52(36-45)74(16,17)18/h25-42,81-82H,1-24H3. The zero-order chi connectivity index (χ0) is 60.6. The Morgan fingerprint density at radius 3 is 0.720 bits per heavy atom. The number of hydrogen-bond donors (Lipinski definition) is 2. The van der Waals surface area contributed by atoms with Crippen LogP contribution < -0.4 is 0 Å². The summed E-state index contributed by atoms with van der Waals surface area (Å²) in [7, 11) is 0. The van der Waals surface area contributed by atoms with Gasteiger partial charge < -0.3 is 10.2 Å². The van der Waals surface area contributed by atoms with Crippen LogP contribution in [0.4, 0.5) is 0 Å². The molecule has 6 heteroatoms. The second kappa shape index (κ2) is 19.9. The molecular weight excluding hydrogens is 1000 g/mol. The summed E-state index contributed by atoms with van der Waals surface area (Å²) in [5.41, 5.74) is 19.2. The first-order valence-electron chi connectivity index (χ1n) is 29.6. The van der Waals surface area contributed by atoms with Gasteiger partial charge in [0.2, 0.25) is 0 Å². The van der Waals surface area contributed by atoms with Crippen LogP contribution in [-0.4, -0.2) is 33.1 Å². The van der Waals surface area contributed by atoms with E-state index in [2.05, 4.69) is 275 Å². The highest BCUT2D eigenvalue weighted by Crippen LogP contribution is 2.46. The number of fused-ring (bicyclic) bond motifs is 4. The van der Waals surface area contributed by atoms with E-state index in [1.165, 1.54) is 22.3 Å². The van der Waals surface area contributed by atoms with Crippen molar-refractivity contribution in [3.05, 3.63) is 210 Å². The minimum absolute atomic E-state index is 0.169. The van der Waals surface area contributed by atoms with E-state index < -0.39 is 0 Å². The van der Waals surface area contributed by atoms with E-state index >= 15 is 0 Å². The summed E-state index contributed by atoms with van der Waals surface area (Å²) in [6.45, 7) is 54.1. The van der Waals surface area contributed by atoms with Crippen LogP contribution in [0.2, 0.25) is 0 Å². The monoisotopic (exact) mass is 1090 g/mol. The van der Waals surface area contributed by atoms with Gasteiger partial charge in [0.1, 0.15) is 11.4 Å². The van der Waals surface area contributed by atoms with Crippen LogP contribution in [0.1, 0.15) is 233 Å². The number of aliphatic hydroxyl groups excluding tert-OH is 2. The Labute approximate surface area is 492 Å². The number of nitrogens with zero attached hydrogens (tertiary/aromatic N) is 4. The molecule has 0 amide bonds. The lowest BCUT2D eigenvalue weighted by molar-refractivity contribution is 0.359. The van der Waals surface area contributed by atoms with Gasteiger partial charge in [-0.2, -0.15) is 0 Å². The molecule has 5 heterocycles. The van der Waals surface area contributed by atoms with Gasteiger partial charge in [0, 0.05) is 22.3 Å². The van der Waals surface area contributed by atoms with Crippen molar-refractivity contribution in [1.29, 1.82) is 0 Å². The molecule has 0 aromatic heterocycles. The zero-order valence-electron chi connectivity index (χ0n) is 54.1. The highest BCUT2D eigenvalue weighted by atomic mass is 16.3. The van der Waals surface area contributed by atoms with Crippen molar-refractivity contribution < 1.29 is 10.2 Å². The van der Waals surface area contributed by atoms with Gasteiger partial charge in [0.15, 0.2) is 11.5 Å². The zero-order valence-corrected chi connectivity index (χ0v) is 54.1. The minimum Gasteiger partial charge on any atom is -0.503 e. The molecule has 0 fully saturated rings. The van der Waals surface area contributed by atoms with Crippen LogP contribution >= 0.6 is 0 Å². The first-order chi connectivity index (χ1) is 37.5. The van der Waals surface area contributed by atoms with Crippen LogP contribution in [0.5, 0.6) is 0 Å². The molecule has 0 radical (unpaired) electrons. The summed E-state index contributed by atoms with van der Waals surface area (Å²) in [6, 6.07) is 27.5. The van der Waals surface area contributed by atoms with Gasteiger partial charge in [0.25, 0.3) is 0 Å². The second-order valence-electron chi connectivity index (χ2n) is 31.8. The van der Waals surface area contributed by atoms with Crippen LogP contribution in [0.3, 0.4) is 0 Å². The molecule has 428 valence electrons. The van der Waals surface area contributed by atoms with Gasteiger partial charge >= 0.3 is 0 Å². The van der Waals surface area contributed by atoms with Gasteiger partial charge in [-0.25, -0.2) is 20.0 Å². The summed E-state index contributed by atoms with van der Waals surface area (Å²) < 4.78 is 0. The number of hydrogen-bond acceptors (Lipinski definition) is 6. The molecule has 2 N–H and O–H groups in total. The van der Waals surface area contributed by atoms with Crippen molar-refractivity contribution in [2.45, 2.75) is 209 Å². The summed E-state index contributed by atoms with van der Waals surface area (Å²) in [4.78, 5) is 22.7. The smallest absolute Gasteiger partial charge is 0.186 e. The van der Waals surface area contributed by atoms with E-state index in [9.17, 15) is 10.2 Å². The van der Waals surface area contributed by atoms with E-state index in [-0.39, 0.29) is 66.2 Å². The molecule has 0 aliphatic carbocycles. The molecule has 82 heavy (non-hydrogen) atoms. The van der Waals surface area contributed by atoms with Crippen molar-refractivity contribution in [1.82, 2.24) is 0 Å². The summed E-state index contributed by atoms with van der Waals surface area (Å²) in [6.07, 6.45) is 12.6. The maximum absolute atomic E-state index is 12.9. The van der Waals surface area contributed by atoms with Gasteiger partial charge in [0.05, 0.1) is 34.2 Å². The van der Waals surface area contributed by atoms with Gasteiger partial charge in [-0.3, -0.25) is 0 Å². The third kappa shape index (κ3) is 11.7. The summed E-state index contributed by atoms with van der Waals surface area (Å²) in [5.74, 6) is -0.631. The third-order valence-electron chi connectivity index (χ3n) is 16.6. The fourth-order valence-corrected chi connectivity index (χ4v) is 10.9. The molecule has 0 spiro atoms. The van der Waals surface area contributed by atoms with Gasteiger partial charge in [-0.05, 0) is 147 Å². The fourth-order valence-electron chi connectivity index (χ4n) is 10.9. The van der Waals surface area contributed by atoms with Crippen LogP contribution in [0, 0.1) is 0 Å². The highest BCUT2D eigenvalue weighted by Gasteiger charge is 2.37. The molecule has 0 saturated carbocycles. The Morgan fingerprint density at radius 1 is 0.244 bits per heavy atom. The Morgan fingerprint density at radius 2 is 0.463 bits per heavy atom. The molecule has 8 bridgehead atoms. The van der Waals surface area contributed by atoms with Crippen molar-refractivity contribution in [2.75, 3.05) is 0 Å². The van der Waals surface area contributed by atoms with Gasteiger partial charge in [-0.15, -0.1) is 0 Å². The number of aliphatic hydroxyl groups is 2. The average Bonchev–Trinajstić information content (AvgIpc) is 3.36. The predicted molar refractivity (Wildman–Crippen MR) is 352 cm³/mol. The van der Waals surface area contributed by atoms with Crippen LogP contribution in [-0.2, 0) is 43.3 Å². The number of allylic oxidation sites excluding steroid dienone is 10. The van der Waals surface area contributed by atoms with Crippen LogP contribution in [0.15, 0.2) is 164 Å². The molecule has 5 aliphatic heterocycles. The Balaban J connectivity index is 1.51. The lowest BCUT2D eigenvalue weighted by Gasteiger charge is -2.27. The highest BCUT2D eigenvalue weighted by molar-refractivity contribution is 6.40. The normalized spacial score (nSPS) is 17.5. The minimum atomic E-state index is -0.315. The van der Waals surface area contributed by atoms with Crippen LogP contribution in [0.25, 0.3) is 22.3 Å². The Hall–Kier alpha value is -6.92. The first-order valence-corrected chi connectivity index (χ1v) is 29.6. The molecule has 6 nitrogen and oxygen atoms in total. The molecule has 9 rings (SSSR count). The predicted octanol–water partition coefficient (Wildman–Crippen LogP) is 19.8. The van der Waals surface area contributed by atoms with Crippen molar-refractivity contribution >= 4 is 45.1 Å². The largest absolute Gasteiger partial charge is 0.503 e. The molecule has 5 aliphatic rings. The molecule has 0 saturated heterocycles. The van der Waals surface area contributed by atoms with E-state index in [1.54, 1.807) is 0 Å². The van der Waals surface area contributed by atoms with E-state index in [4.69, 9.17) is 20.0 Å². The molecule has 0 unspecified atom stereocenters. The number of aliphatic imine (C=N–C) groups is 4. The molecule has 0 atom stereocenters. The summed E-state index contributed by atoms with van der Waals surface area (Å²) in [5, 5.41) is 25.8. The van der Waals surface area contributed by atoms with E-state index in [0.29, 0.717) is 22.6 Å². The average molecular weight is 1090 g/mol. The fraction of sp³-hybridized carbons (Fsp3) is 0.421. The van der Waals surface area contributed by atoms with E-state index in [1.807, 2.05) is 0 Å². The van der Waals surface area contributed by atoms with Crippen molar-refractivity contribution in [3.8, 4) is 0 Å².